The number of nitrogens with one attached hydrogen (secondary N) is 2. The fourth-order valence-electron chi connectivity index (χ4n) is 2.75. The van der Waals surface area contributed by atoms with E-state index in [4.69, 9.17) is 14.2 Å². The van der Waals surface area contributed by atoms with Gasteiger partial charge < -0.3 is 24.8 Å². The van der Waals surface area contributed by atoms with E-state index >= 15 is 0 Å². The molecule has 0 saturated heterocycles. The van der Waals surface area contributed by atoms with Crippen LogP contribution in [0.4, 0.5) is 0 Å². The SMILES string of the molecule is CCNC(=NCc1ccc(OC(C)C)nc1)NCCc1ccc2c(c1)OCO2.I. The molecule has 0 fully saturated rings. The molecule has 0 atom stereocenters. The highest BCUT2D eigenvalue weighted by atomic mass is 127. The molecule has 1 aromatic heterocycles. The minimum atomic E-state index is 0. The molecule has 8 heteroatoms. The highest BCUT2D eigenvalue weighted by Gasteiger charge is 2.12. The van der Waals surface area contributed by atoms with Gasteiger partial charge in [-0.2, -0.15) is 0 Å². The first-order valence-electron chi connectivity index (χ1n) is 9.66. The Hall–Kier alpha value is -2.23. The van der Waals surface area contributed by atoms with E-state index in [0.717, 1.165) is 42.5 Å². The number of hydrogen-bond donors (Lipinski definition) is 2. The summed E-state index contributed by atoms with van der Waals surface area (Å²) >= 11 is 0. The second-order valence-electron chi connectivity index (χ2n) is 6.73. The van der Waals surface area contributed by atoms with Gasteiger partial charge in [-0.05, 0) is 50.5 Å². The Kier molecular flexibility index (Phi) is 9.30. The Morgan fingerprint density at radius 1 is 1.14 bits per heavy atom. The smallest absolute Gasteiger partial charge is 0.231 e. The van der Waals surface area contributed by atoms with Crippen LogP contribution < -0.4 is 24.8 Å². The standard InChI is InChI=1S/C21H28N4O3.HI/c1-4-22-21(25-13-17-6-8-20(24-12-17)28-15(2)3)23-10-9-16-5-7-18-19(11-16)27-14-26-18;/h5-8,11-12,15H,4,9-10,13-14H2,1-3H3,(H2,22,23,25);1H. The van der Waals surface area contributed by atoms with Gasteiger partial charge in [0.25, 0.3) is 0 Å². The van der Waals surface area contributed by atoms with E-state index < -0.39 is 0 Å². The minimum Gasteiger partial charge on any atom is -0.475 e. The average Bonchev–Trinajstić information content (AvgIpc) is 3.14. The van der Waals surface area contributed by atoms with Crippen molar-refractivity contribution >= 4 is 29.9 Å². The number of benzene rings is 1. The molecule has 0 radical (unpaired) electrons. The van der Waals surface area contributed by atoms with Crippen LogP contribution in [-0.4, -0.2) is 36.9 Å². The molecule has 158 valence electrons. The maximum atomic E-state index is 5.57. The summed E-state index contributed by atoms with van der Waals surface area (Å²) < 4.78 is 16.3. The van der Waals surface area contributed by atoms with Gasteiger partial charge in [-0.1, -0.05) is 12.1 Å². The third-order valence-corrected chi connectivity index (χ3v) is 4.06. The topological polar surface area (TPSA) is 77.0 Å². The molecule has 2 heterocycles. The van der Waals surface area contributed by atoms with Crippen LogP contribution in [-0.2, 0) is 13.0 Å². The summed E-state index contributed by atoms with van der Waals surface area (Å²) in [6.45, 7) is 8.44. The summed E-state index contributed by atoms with van der Waals surface area (Å²) in [5.74, 6) is 3.04. The Balaban J connectivity index is 0.00000300. The van der Waals surface area contributed by atoms with Crippen molar-refractivity contribution in [2.75, 3.05) is 19.9 Å². The quantitative estimate of drug-likeness (QED) is 0.321. The van der Waals surface area contributed by atoms with Gasteiger partial charge in [-0.15, -0.1) is 24.0 Å². The van der Waals surface area contributed by atoms with Gasteiger partial charge >= 0.3 is 0 Å². The highest BCUT2D eigenvalue weighted by molar-refractivity contribution is 14.0. The summed E-state index contributed by atoms with van der Waals surface area (Å²) in [5, 5.41) is 6.63. The van der Waals surface area contributed by atoms with Crippen LogP contribution in [0.1, 0.15) is 31.9 Å². The van der Waals surface area contributed by atoms with E-state index in [1.165, 1.54) is 5.56 Å². The normalized spacial score (nSPS) is 12.5. The van der Waals surface area contributed by atoms with Gasteiger partial charge in [-0.3, -0.25) is 0 Å². The maximum absolute atomic E-state index is 5.57. The fraction of sp³-hybridized carbons (Fsp3) is 0.429. The van der Waals surface area contributed by atoms with Gasteiger partial charge in [0.15, 0.2) is 17.5 Å². The number of fused-ring (bicyclic) bond motifs is 1. The van der Waals surface area contributed by atoms with E-state index in [-0.39, 0.29) is 30.1 Å². The Morgan fingerprint density at radius 3 is 2.66 bits per heavy atom. The van der Waals surface area contributed by atoms with E-state index in [9.17, 15) is 0 Å². The van der Waals surface area contributed by atoms with Crippen LogP contribution in [0.2, 0.25) is 0 Å². The van der Waals surface area contributed by atoms with Crippen LogP contribution in [0, 0.1) is 0 Å². The lowest BCUT2D eigenvalue weighted by Crippen LogP contribution is -2.38. The molecule has 2 aromatic rings. The van der Waals surface area contributed by atoms with Crippen LogP contribution in [0.15, 0.2) is 41.5 Å². The number of aromatic nitrogens is 1. The summed E-state index contributed by atoms with van der Waals surface area (Å²) in [7, 11) is 0. The number of hydrogen-bond acceptors (Lipinski definition) is 5. The molecular formula is C21H29IN4O3. The summed E-state index contributed by atoms with van der Waals surface area (Å²) in [4.78, 5) is 8.95. The number of ether oxygens (including phenoxy) is 3. The lowest BCUT2D eigenvalue weighted by atomic mass is 10.1. The van der Waals surface area contributed by atoms with Crippen LogP contribution >= 0.6 is 24.0 Å². The second kappa shape index (κ2) is 11.7. The van der Waals surface area contributed by atoms with Crippen LogP contribution in [0.25, 0.3) is 0 Å². The fourth-order valence-corrected chi connectivity index (χ4v) is 2.75. The van der Waals surface area contributed by atoms with Crippen molar-refractivity contribution in [1.82, 2.24) is 15.6 Å². The van der Waals surface area contributed by atoms with Gasteiger partial charge in [0, 0.05) is 25.4 Å². The first kappa shape index (κ1) is 23.1. The minimum absolute atomic E-state index is 0. The summed E-state index contributed by atoms with van der Waals surface area (Å²) in [5.41, 5.74) is 2.22. The molecular weight excluding hydrogens is 483 g/mol. The van der Waals surface area contributed by atoms with Crippen LogP contribution in [0.5, 0.6) is 17.4 Å². The highest BCUT2D eigenvalue weighted by Crippen LogP contribution is 2.32. The predicted molar refractivity (Wildman–Crippen MR) is 125 cm³/mol. The number of guanidine groups is 1. The van der Waals surface area contributed by atoms with Crippen molar-refractivity contribution in [3.8, 4) is 17.4 Å². The molecule has 0 aliphatic carbocycles. The van der Waals surface area contributed by atoms with E-state index in [0.29, 0.717) is 19.2 Å². The zero-order valence-electron chi connectivity index (χ0n) is 17.1. The molecule has 0 saturated carbocycles. The van der Waals surface area contributed by atoms with Crippen LogP contribution in [0.3, 0.4) is 0 Å². The number of aliphatic imine (C=N–C) groups is 1. The molecule has 2 N–H and O–H groups in total. The monoisotopic (exact) mass is 512 g/mol. The van der Waals surface area contributed by atoms with E-state index in [2.05, 4.69) is 33.6 Å². The predicted octanol–water partition coefficient (Wildman–Crippen LogP) is 3.51. The van der Waals surface area contributed by atoms with Gasteiger partial charge in [-0.25, -0.2) is 9.98 Å². The molecule has 0 unspecified atom stereocenters. The van der Waals surface area contributed by atoms with Crippen molar-refractivity contribution in [1.29, 1.82) is 0 Å². The summed E-state index contributed by atoms with van der Waals surface area (Å²) in [6.07, 6.45) is 2.78. The van der Waals surface area contributed by atoms with Gasteiger partial charge in [0.1, 0.15) is 0 Å². The lowest BCUT2D eigenvalue weighted by molar-refractivity contribution is 0.174. The molecule has 0 spiro atoms. The van der Waals surface area contributed by atoms with Crippen molar-refractivity contribution in [3.05, 3.63) is 47.7 Å². The third-order valence-electron chi connectivity index (χ3n) is 4.06. The second-order valence-corrected chi connectivity index (χ2v) is 6.73. The van der Waals surface area contributed by atoms with E-state index in [1.807, 2.05) is 38.1 Å². The Bertz CT molecular complexity index is 797. The number of pyridine rings is 1. The molecule has 3 rings (SSSR count). The molecule has 0 bridgehead atoms. The zero-order valence-corrected chi connectivity index (χ0v) is 19.4. The van der Waals surface area contributed by atoms with Gasteiger partial charge in [0.2, 0.25) is 12.7 Å². The van der Waals surface area contributed by atoms with Crippen molar-refractivity contribution in [2.24, 2.45) is 4.99 Å². The Morgan fingerprint density at radius 2 is 1.93 bits per heavy atom. The molecule has 29 heavy (non-hydrogen) atoms. The molecule has 1 aromatic carbocycles. The molecule has 1 aliphatic rings. The average molecular weight is 512 g/mol. The maximum Gasteiger partial charge on any atom is 0.231 e. The van der Waals surface area contributed by atoms with E-state index in [1.54, 1.807) is 6.20 Å². The van der Waals surface area contributed by atoms with Crippen molar-refractivity contribution < 1.29 is 14.2 Å². The first-order valence-corrected chi connectivity index (χ1v) is 9.66. The zero-order chi connectivity index (χ0) is 19.8. The molecule has 7 nitrogen and oxygen atoms in total. The number of nitrogens with zero attached hydrogens (tertiary/aromatic N) is 2. The molecule has 1 aliphatic heterocycles. The van der Waals surface area contributed by atoms with Crippen molar-refractivity contribution in [3.63, 3.8) is 0 Å². The largest absolute Gasteiger partial charge is 0.475 e. The number of halogens is 1. The third kappa shape index (κ3) is 7.26. The van der Waals surface area contributed by atoms with Crippen molar-refractivity contribution in [2.45, 2.75) is 39.8 Å². The first-order chi connectivity index (χ1) is 13.6. The van der Waals surface area contributed by atoms with Gasteiger partial charge in [0.05, 0.1) is 12.6 Å². The summed E-state index contributed by atoms with van der Waals surface area (Å²) in [6, 6.07) is 9.91. The molecule has 0 amide bonds. The number of rotatable bonds is 8. The lowest BCUT2D eigenvalue weighted by Gasteiger charge is -2.12. The Labute approximate surface area is 189 Å².